The van der Waals surface area contributed by atoms with Gasteiger partial charge in [-0.3, -0.25) is 4.79 Å². The first-order valence-corrected chi connectivity index (χ1v) is 10.5. The van der Waals surface area contributed by atoms with E-state index in [9.17, 15) is 19.5 Å². The first-order chi connectivity index (χ1) is 13.9. The minimum atomic E-state index is -1.04. The summed E-state index contributed by atoms with van der Waals surface area (Å²) < 4.78 is 5.46. The monoisotopic (exact) mass is 418 g/mol. The minimum Gasteiger partial charge on any atom is -0.480 e. The topological polar surface area (TPSA) is 95.9 Å². The van der Waals surface area contributed by atoms with Crippen LogP contribution in [0, 0.1) is 5.92 Å². The van der Waals surface area contributed by atoms with Gasteiger partial charge in [-0.2, -0.15) is 0 Å². The zero-order valence-corrected chi connectivity index (χ0v) is 18.6. The predicted molar refractivity (Wildman–Crippen MR) is 114 cm³/mol. The molecule has 1 aromatic carbocycles. The van der Waals surface area contributed by atoms with E-state index in [2.05, 4.69) is 5.32 Å². The standard InChI is InChI=1S/C23H34N2O5/c1-16(2)15-18(19(26)27)24-20(28)23(17-9-7-6-8-10-17)11-13-25(14-12-23)21(29)30-22(3,4)5/h6-10,16,18H,11-15H2,1-5H3,(H,24,28)(H,26,27). The second kappa shape index (κ2) is 9.49. The number of nitrogens with one attached hydrogen (secondary N) is 1. The van der Waals surface area contributed by atoms with Crippen molar-refractivity contribution >= 4 is 18.0 Å². The fourth-order valence-corrected chi connectivity index (χ4v) is 3.79. The Kier molecular flexibility index (Phi) is 7.50. The van der Waals surface area contributed by atoms with Gasteiger partial charge >= 0.3 is 12.1 Å². The van der Waals surface area contributed by atoms with Crippen LogP contribution in [0.15, 0.2) is 30.3 Å². The molecule has 7 heteroatoms. The van der Waals surface area contributed by atoms with Gasteiger partial charge in [-0.1, -0.05) is 44.2 Å². The Morgan fingerprint density at radius 1 is 1.13 bits per heavy atom. The third-order valence-corrected chi connectivity index (χ3v) is 5.34. The first kappa shape index (κ1) is 23.7. The van der Waals surface area contributed by atoms with Crippen LogP contribution in [0.1, 0.15) is 59.4 Å². The first-order valence-electron chi connectivity index (χ1n) is 10.5. The lowest BCUT2D eigenvalue weighted by Gasteiger charge is -2.41. The highest BCUT2D eigenvalue weighted by atomic mass is 16.6. The highest BCUT2D eigenvalue weighted by Gasteiger charge is 2.45. The molecule has 0 aliphatic carbocycles. The Morgan fingerprint density at radius 3 is 2.17 bits per heavy atom. The maximum absolute atomic E-state index is 13.4. The fourth-order valence-electron chi connectivity index (χ4n) is 3.79. The number of carbonyl (C=O) groups is 3. The number of benzene rings is 1. The van der Waals surface area contributed by atoms with Gasteiger partial charge in [-0.15, -0.1) is 0 Å². The third-order valence-electron chi connectivity index (χ3n) is 5.34. The van der Waals surface area contributed by atoms with Crippen molar-refractivity contribution in [2.45, 2.75) is 70.9 Å². The number of carboxylic acid groups (broad SMARTS) is 1. The molecule has 0 spiro atoms. The molecule has 2 rings (SSSR count). The number of hydrogen-bond donors (Lipinski definition) is 2. The van der Waals surface area contributed by atoms with Crippen molar-refractivity contribution in [3.05, 3.63) is 35.9 Å². The van der Waals surface area contributed by atoms with Crippen LogP contribution < -0.4 is 5.32 Å². The second-order valence-electron chi connectivity index (χ2n) is 9.41. The molecular weight excluding hydrogens is 384 g/mol. The van der Waals surface area contributed by atoms with Crippen LogP contribution in [-0.2, 0) is 19.7 Å². The van der Waals surface area contributed by atoms with E-state index in [0.717, 1.165) is 5.56 Å². The van der Waals surface area contributed by atoms with E-state index < -0.39 is 29.1 Å². The van der Waals surface area contributed by atoms with Gasteiger partial charge in [0.2, 0.25) is 5.91 Å². The van der Waals surface area contributed by atoms with E-state index >= 15 is 0 Å². The van der Waals surface area contributed by atoms with Crippen molar-refractivity contribution in [2.24, 2.45) is 5.92 Å². The predicted octanol–water partition coefficient (Wildman–Crippen LogP) is 3.57. The van der Waals surface area contributed by atoms with Crippen molar-refractivity contribution in [1.29, 1.82) is 0 Å². The zero-order valence-electron chi connectivity index (χ0n) is 18.6. The molecule has 1 fully saturated rings. The van der Waals surface area contributed by atoms with Crippen LogP contribution in [0.4, 0.5) is 4.79 Å². The number of nitrogens with zero attached hydrogens (tertiary/aromatic N) is 1. The van der Waals surface area contributed by atoms with Crippen LogP contribution in [0.3, 0.4) is 0 Å². The Bertz CT molecular complexity index is 747. The molecular formula is C23H34N2O5. The molecule has 7 nitrogen and oxygen atoms in total. The van der Waals surface area contributed by atoms with Gasteiger partial charge in [-0.05, 0) is 51.5 Å². The minimum absolute atomic E-state index is 0.132. The maximum atomic E-state index is 13.4. The van der Waals surface area contributed by atoms with E-state index in [-0.39, 0.29) is 11.8 Å². The van der Waals surface area contributed by atoms with Gasteiger partial charge in [-0.25, -0.2) is 9.59 Å². The number of amides is 2. The fraction of sp³-hybridized carbons (Fsp3) is 0.609. The zero-order chi connectivity index (χ0) is 22.5. The smallest absolute Gasteiger partial charge is 0.410 e. The quantitative estimate of drug-likeness (QED) is 0.736. The van der Waals surface area contributed by atoms with Crippen molar-refractivity contribution in [1.82, 2.24) is 10.2 Å². The number of piperidine rings is 1. The average molecular weight is 419 g/mol. The summed E-state index contributed by atoms with van der Waals surface area (Å²) in [5, 5.41) is 12.3. The lowest BCUT2D eigenvalue weighted by atomic mass is 9.71. The van der Waals surface area contributed by atoms with Crippen LogP contribution in [0.25, 0.3) is 0 Å². The van der Waals surface area contributed by atoms with Crippen molar-refractivity contribution < 1.29 is 24.2 Å². The SMILES string of the molecule is CC(C)CC(NC(=O)C1(c2ccccc2)CCN(C(=O)OC(C)(C)C)CC1)C(=O)O. The summed E-state index contributed by atoms with van der Waals surface area (Å²) in [6.07, 6.45) is 0.759. The van der Waals surface area contributed by atoms with Crippen LogP contribution >= 0.6 is 0 Å². The Morgan fingerprint density at radius 2 is 1.70 bits per heavy atom. The molecule has 1 atom stereocenters. The molecule has 1 aliphatic rings. The van der Waals surface area contributed by atoms with Crippen molar-refractivity contribution in [3.8, 4) is 0 Å². The summed E-state index contributed by atoms with van der Waals surface area (Å²) in [7, 11) is 0. The summed E-state index contributed by atoms with van der Waals surface area (Å²) in [5.74, 6) is -1.20. The molecule has 1 aromatic rings. The average Bonchev–Trinajstić information content (AvgIpc) is 2.66. The molecule has 166 valence electrons. The Hall–Kier alpha value is -2.57. The third kappa shape index (κ3) is 5.97. The molecule has 0 saturated carbocycles. The van der Waals surface area contributed by atoms with Gasteiger partial charge in [0.1, 0.15) is 11.6 Å². The Balaban J connectivity index is 2.24. The largest absolute Gasteiger partial charge is 0.480 e. The highest BCUT2D eigenvalue weighted by molar-refractivity contribution is 5.92. The van der Waals surface area contributed by atoms with Gasteiger partial charge in [0.25, 0.3) is 0 Å². The number of rotatable bonds is 6. The summed E-state index contributed by atoms with van der Waals surface area (Å²) in [6.45, 7) is 10.0. The van der Waals surface area contributed by atoms with Crippen LogP contribution in [-0.4, -0.2) is 52.7 Å². The van der Waals surface area contributed by atoms with E-state index in [1.54, 1.807) is 4.90 Å². The van der Waals surface area contributed by atoms with Gasteiger partial charge in [0.05, 0.1) is 5.41 Å². The molecule has 2 amide bonds. The normalized spacial score (nSPS) is 17.3. The number of ether oxygens (including phenoxy) is 1. The molecule has 1 heterocycles. The Labute approximate surface area is 178 Å². The van der Waals surface area contributed by atoms with E-state index in [4.69, 9.17) is 4.74 Å². The van der Waals surface area contributed by atoms with E-state index in [1.165, 1.54) is 0 Å². The van der Waals surface area contributed by atoms with Crippen LogP contribution in [0.2, 0.25) is 0 Å². The molecule has 1 saturated heterocycles. The van der Waals surface area contributed by atoms with E-state index in [1.807, 2.05) is 65.0 Å². The molecule has 1 unspecified atom stereocenters. The van der Waals surface area contributed by atoms with E-state index in [0.29, 0.717) is 32.4 Å². The lowest BCUT2D eigenvalue weighted by molar-refractivity contribution is -0.143. The molecule has 0 radical (unpaired) electrons. The van der Waals surface area contributed by atoms with Gasteiger partial charge < -0.3 is 20.1 Å². The summed E-state index contributed by atoms with van der Waals surface area (Å²) in [4.78, 5) is 39.2. The molecule has 0 aromatic heterocycles. The maximum Gasteiger partial charge on any atom is 0.410 e. The second-order valence-corrected chi connectivity index (χ2v) is 9.41. The van der Waals surface area contributed by atoms with Crippen molar-refractivity contribution in [2.75, 3.05) is 13.1 Å². The number of carbonyl (C=O) groups excluding carboxylic acids is 2. The molecule has 30 heavy (non-hydrogen) atoms. The van der Waals surface area contributed by atoms with Gasteiger partial charge in [0.15, 0.2) is 0 Å². The number of likely N-dealkylation sites (tertiary alicyclic amines) is 1. The summed E-state index contributed by atoms with van der Waals surface area (Å²) in [6, 6.07) is 8.45. The van der Waals surface area contributed by atoms with Crippen molar-refractivity contribution in [3.63, 3.8) is 0 Å². The number of carboxylic acids is 1. The number of hydrogen-bond acceptors (Lipinski definition) is 4. The van der Waals surface area contributed by atoms with Gasteiger partial charge in [0, 0.05) is 13.1 Å². The molecule has 2 N–H and O–H groups in total. The van der Waals surface area contributed by atoms with Crippen LogP contribution in [0.5, 0.6) is 0 Å². The molecule has 0 bridgehead atoms. The summed E-state index contributed by atoms with van der Waals surface area (Å²) in [5.41, 5.74) is -0.640. The highest BCUT2D eigenvalue weighted by Crippen LogP contribution is 2.36. The number of aliphatic carboxylic acids is 1. The lowest BCUT2D eigenvalue weighted by Crippen LogP contribution is -2.56. The molecule has 1 aliphatic heterocycles. The summed E-state index contributed by atoms with van der Waals surface area (Å²) >= 11 is 0.